The molecule has 42 heavy (non-hydrogen) atoms. The van der Waals surface area contributed by atoms with Gasteiger partial charge in [-0.2, -0.15) is 4.31 Å². The van der Waals surface area contributed by atoms with E-state index in [9.17, 15) is 27.6 Å². The summed E-state index contributed by atoms with van der Waals surface area (Å²) in [6, 6.07) is 16.6. The number of likely N-dealkylation sites (tertiary alicyclic amines) is 1. The number of nitrogens with one attached hydrogen (secondary N) is 1. The summed E-state index contributed by atoms with van der Waals surface area (Å²) >= 11 is 0. The van der Waals surface area contributed by atoms with Crippen molar-refractivity contribution in [2.45, 2.75) is 44.3 Å². The molecule has 3 aromatic rings. The Bertz CT molecular complexity index is 1580. The zero-order valence-corrected chi connectivity index (χ0v) is 23.7. The van der Waals surface area contributed by atoms with E-state index in [1.54, 1.807) is 12.1 Å². The predicted octanol–water partition coefficient (Wildman–Crippen LogP) is 3.03. The Labute approximate surface area is 243 Å². The highest BCUT2D eigenvalue weighted by Crippen LogP contribution is 2.33. The number of Topliss-reactive ketones (excluding diaryl/α,β-unsaturated/α-hetero) is 1. The Morgan fingerprint density at radius 1 is 1.02 bits per heavy atom. The zero-order valence-electron chi connectivity index (χ0n) is 22.9. The van der Waals surface area contributed by atoms with Crippen molar-refractivity contribution in [3.63, 3.8) is 0 Å². The molecule has 0 saturated carbocycles. The van der Waals surface area contributed by atoms with Crippen molar-refractivity contribution in [3.8, 4) is 16.9 Å². The minimum Gasteiger partial charge on any atom is -0.410 e. The van der Waals surface area contributed by atoms with Crippen LogP contribution in [0, 0.1) is 0 Å². The van der Waals surface area contributed by atoms with E-state index in [1.807, 2.05) is 49.4 Å². The molecule has 2 amide bonds. The number of ketones is 1. The lowest BCUT2D eigenvalue weighted by Gasteiger charge is -2.28. The topological polar surface area (TPSA) is 143 Å². The van der Waals surface area contributed by atoms with Gasteiger partial charge in [0.15, 0.2) is 5.78 Å². The fourth-order valence-electron chi connectivity index (χ4n) is 5.45. The predicted molar refractivity (Wildman–Crippen MR) is 153 cm³/mol. The van der Waals surface area contributed by atoms with E-state index in [0.29, 0.717) is 12.2 Å². The van der Waals surface area contributed by atoms with Crippen molar-refractivity contribution in [1.82, 2.24) is 19.5 Å². The van der Waals surface area contributed by atoms with Crippen LogP contribution >= 0.6 is 0 Å². The molecule has 11 nitrogen and oxygen atoms in total. The Kier molecular flexibility index (Phi) is 8.46. The molecule has 5 rings (SSSR count). The van der Waals surface area contributed by atoms with Gasteiger partial charge in [0.1, 0.15) is 17.8 Å². The van der Waals surface area contributed by atoms with E-state index in [2.05, 4.69) is 10.3 Å². The van der Waals surface area contributed by atoms with Crippen LogP contribution in [0.25, 0.3) is 11.1 Å². The lowest BCUT2D eigenvalue weighted by Crippen LogP contribution is -2.53. The maximum Gasteiger partial charge on any atom is 0.413 e. The van der Waals surface area contributed by atoms with Gasteiger partial charge in [-0.1, -0.05) is 55.8 Å². The van der Waals surface area contributed by atoms with Crippen LogP contribution in [-0.4, -0.2) is 76.7 Å². The van der Waals surface area contributed by atoms with E-state index in [1.165, 1.54) is 23.2 Å². The minimum atomic E-state index is -4.53. The summed E-state index contributed by atoms with van der Waals surface area (Å²) in [4.78, 5) is 57.3. The molecule has 0 spiro atoms. The van der Waals surface area contributed by atoms with Gasteiger partial charge in [-0.3, -0.25) is 19.4 Å². The van der Waals surface area contributed by atoms with Gasteiger partial charge in [-0.15, -0.1) is 0 Å². The summed E-state index contributed by atoms with van der Waals surface area (Å²) < 4.78 is 32.7. The summed E-state index contributed by atoms with van der Waals surface area (Å²) in [5.74, 6) is -0.696. The number of carbonyl (C=O) groups is 4. The molecule has 0 radical (unpaired) electrons. The van der Waals surface area contributed by atoms with E-state index in [4.69, 9.17) is 4.74 Å². The molecule has 0 aliphatic carbocycles. The fraction of sp³-hybridized carbons (Fsp3) is 0.300. The van der Waals surface area contributed by atoms with Crippen LogP contribution in [0.4, 0.5) is 4.79 Å². The second kappa shape index (κ2) is 12.2. The molecule has 0 bridgehead atoms. The van der Waals surface area contributed by atoms with E-state index in [-0.39, 0.29) is 24.9 Å². The van der Waals surface area contributed by atoms with E-state index in [0.717, 1.165) is 21.6 Å². The second-order valence-corrected chi connectivity index (χ2v) is 11.9. The van der Waals surface area contributed by atoms with Crippen LogP contribution in [-0.2, 0) is 19.6 Å². The molecule has 2 aliphatic rings. The van der Waals surface area contributed by atoms with Crippen molar-refractivity contribution in [2.24, 2.45) is 0 Å². The van der Waals surface area contributed by atoms with E-state index < -0.39 is 57.6 Å². The third-order valence-electron chi connectivity index (χ3n) is 7.44. The first-order chi connectivity index (χ1) is 20.2. The summed E-state index contributed by atoms with van der Waals surface area (Å²) in [7, 11) is -4.53. The Morgan fingerprint density at radius 2 is 1.74 bits per heavy atom. The highest BCUT2D eigenvalue weighted by molar-refractivity contribution is 8.04. The van der Waals surface area contributed by atoms with Gasteiger partial charge in [0.2, 0.25) is 5.91 Å². The average Bonchev–Trinajstić information content (AvgIpc) is 3.59. The molecule has 12 heteroatoms. The monoisotopic (exact) mass is 590 g/mol. The molecular formula is C30H30N4O7S. The first kappa shape index (κ1) is 29.1. The number of benzene rings is 2. The van der Waals surface area contributed by atoms with Crippen LogP contribution in [0.1, 0.15) is 36.5 Å². The van der Waals surface area contributed by atoms with Crippen LogP contribution in [0.3, 0.4) is 0 Å². The first-order valence-electron chi connectivity index (χ1n) is 13.6. The summed E-state index contributed by atoms with van der Waals surface area (Å²) in [6.45, 7) is 1.44. The molecule has 1 aromatic heterocycles. The van der Waals surface area contributed by atoms with Crippen molar-refractivity contribution in [3.05, 3.63) is 84.7 Å². The molecule has 218 valence electrons. The number of nitrogens with zero attached hydrogens (tertiary/aromatic N) is 3. The standard InChI is InChI=1S/C30H30N4O7S/c1-2-7-24(32-30(38)41-23-13-11-21(12-14-23)20-8-4-3-5-9-20)28(36)33-17-15-25-27(33)26(35)19-34(25)42(39,40)29(37)22-10-6-16-31-18-22/h3-6,8-14,16,18,24-25,27H,2,7,15,17,19H2,1H3,(H,32,38). The Morgan fingerprint density at radius 3 is 2.40 bits per heavy atom. The van der Waals surface area contributed by atoms with Gasteiger partial charge >= 0.3 is 6.09 Å². The SMILES string of the molecule is CCCC(NC(=O)Oc1ccc(-c2ccccc2)cc1)C(=O)N1CCC2C1C(=O)CN2S(=O)(=O)C(=O)c1cccnc1. The number of hydrogen-bond acceptors (Lipinski definition) is 8. The summed E-state index contributed by atoms with van der Waals surface area (Å²) in [5, 5.41) is 1.45. The van der Waals surface area contributed by atoms with Gasteiger partial charge < -0.3 is 15.0 Å². The molecule has 2 saturated heterocycles. The van der Waals surface area contributed by atoms with Gasteiger partial charge in [-0.05, 0) is 48.2 Å². The van der Waals surface area contributed by atoms with Crippen LogP contribution in [0.5, 0.6) is 5.75 Å². The van der Waals surface area contributed by atoms with Crippen molar-refractivity contribution in [2.75, 3.05) is 13.1 Å². The third-order valence-corrected chi connectivity index (χ3v) is 9.16. The van der Waals surface area contributed by atoms with Crippen LogP contribution in [0.15, 0.2) is 79.1 Å². The van der Waals surface area contributed by atoms with Gasteiger partial charge in [-0.25, -0.2) is 13.2 Å². The smallest absolute Gasteiger partial charge is 0.410 e. The zero-order chi connectivity index (χ0) is 29.9. The molecule has 2 fully saturated rings. The fourth-order valence-corrected chi connectivity index (χ4v) is 6.96. The van der Waals surface area contributed by atoms with Crippen LogP contribution < -0.4 is 10.1 Å². The largest absolute Gasteiger partial charge is 0.413 e. The normalized spacial score (nSPS) is 19.3. The molecule has 3 unspecified atom stereocenters. The van der Waals surface area contributed by atoms with Crippen molar-refractivity contribution < 1.29 is 32.3 Å². The highest BCUT2D eigenvalue weighted by Gasteiger charge is 2.55. The lowest BCUT2D eigenvalue weighted by molar-refractivity contribution is -0.138. The first-order valence-corrected chi connectivity index (χ1v) is 15.1. The summed E-state index contributed by atoms with van der Waals surface area (Å²) in [6.07, 6.45) is 2.75. The van der Waals surface area contributed by atoms with Crippen molar-refractivity contribution >= 4 is 32.9 Å². The number of fused-ring (bicyclic) bond motifs is 1. The number of pyridine rings is 1. The number of rotatable bonds is 8. The summed E-state index contributed by atoms with van der Waals surface area (Å²) in [5.41, 5.74) is 1.85. The van der Waals surface area contributed by atoms with Crippen molar-refractivity contribution in [1.29, 1.82) is 0 Å². The van der Waals surface area contributed by atoms with Gasteiger partial charge in [0, 0.05) is 18.9 Å². The molecular weight excluding hydrogens is 560 g/mol. The van der Waals surface area contributed by atoms with Gasteiger partial charge in [0.25, 0.3) is 15.1 Å². The maximum atomic E-state index is 13.6. The Hall–Kier alpha value is -4.42. The van der Waals surface area contributed by atoms with Crippen LogP contribution in [0.2, 0.25) is 0 Å². The molecule has 1 N–H and O–H groups in total. The number of sulfonamides is 1. The number of aromatic nitrogens is 1. The number of amides is 2. The quantitative estimate of drug-likeness (QED) is 0.422. The van der Waals surface area contributed by atoms with E-state index >= 15 is 0 Å². The second-order valence-electron chi connectivity index (χ2n) is 10.1. The molecule has 3 heterocycles. The maximum absolute atomic E-state index is 13.6. The minimum absolute atomic E-state index is 0.102. The molecule has 2 aromatic carbocycles. The number of carbonyl (C=O) groups excluding carboxylic acids is 4. The number of hydrogen-bond donors (Lipinski definition) is 1. The average molecular weight is 591 g/mol. The number of ether oxygens (including phenoxy) is 1. The molecule has 3 atom stereocenters. The highest BCUT2D eigenvalue weighted by atomic mass is 32.2. The lowest BCUT2D eigenvalue weighted by atomic mass is 10.1. The Balaban J connectivity index is 1.25. The molecule has 2 aliphatic heterocycles. The third kappa shape index (κ3) is 5.81. The van der Waals surface area contributed by atoms with Gasteiger partial charge in [0.05, 0.1) is 18.2 Å².